The second-order valence-corrected chi connectivity index (χ2v) is 4.24. The molecule has 18 heavy (non-hydrogen) atoms. The Morgan fingerprint density at radius 1 is 1.44 bits per heavy atom. The molecular formula is C12H17N5O. The van der Waals surface area contributed by atoms with Gasteiger partial charge in [0.15, 0.2) is 0 Å². The summed E-state index contributed by atoms with van der Waals surface area (Å²) >= 11 is 0. The van der Waals surface area contributed by atoms with Gasteiger partial charge in [0, 0.05) is 19.4 Å². The summed E-state index contributed by atoms with van der Waals surface area (Å²) in [5.41, 5.74) is 2.85. The number of carbonyl (C=O) groups excluding carboxylic acids is 1. The van der Waals surface area contributed by atoms with E-state index < -0.39 is 0 Å². The predicted octanol–water partition coefficient (Wildman–Crippen LogP) is 1.13. The summed E-state index contributed by atoms with van der Waals surface area (Å²) in [4.78, 5) is 11.8. The van der Waals surface area contributed by atoms with Gasteiger partial charge in [0.2, 0.25) is 5.91 Å². The fourth-order valence-corrected chi connectivity index (χ4v) is 1.82. The van der Waals surface area contributed by atoms with E-state index in [1.54, 1.807) is 28.8 Å². The Hall–Kier alpha value is -2.11. The molecular weight excluding hydrogens is 230 g/mol. The van der Waals surface area contributed by atoms with E-state index in [1.807, 2.05) is 13.1 Å². The van der Waals surface area contributed by atoms with Crippen LogP contribution in [-0.2, 0) is 24.8 Å². The summed E-state index contributed by atoms with van der Waals surface area (Å²) < 4.78 is 3.31. The molecule has 1 amide bonds. The van der Waals surface area contributed by atoms with Crippen molar-refractivity contribution in [3.05, 3.63) is 29.8 Å². The lowest BCUT2D eigenvalue weighted by Gasteiger charge is -2.02. The summed E-state index contributed by atoms with van der Waals surface area (Å²) in [5.74, 6) is -0.104. The van der Waals surface area contributed by atoms with Crippen molar-refractivity contribution in [1.82, 2.24) is 19.6 Å². The zero-order valence-corrected chi connectivity index (χ0v) is 10.8. The van der Waals surface area contributed by atoms with Crippen LogP contribution in [0.4, 0.5) is 5.69 Å². The van der Waals surface area contributed by atoms with Gasteiger partial charge in [-0.15, -0.1) is 0 Å². The maximum atomic E-state index is 11.8. The number of aryl methyl sites for hydroxylation is 3. The SMILES string of the molecule is CCc1cn(CC(=O)Nc2cnn(C)c2)nc1C. The lowest BCUT2D eigenvalue weighted by Crippen LogP contribution is -2.18. The summed E-state index contributed by atoms with van der Waals surface area (Å²) in [6.45, 7) is 4.24. The number of anilines is 1. The molecule has 6 heteroatoms. The van der Waals surface area contributed by atoms with Crippen LogP contribution in [0, 0.1) is 6.92 Å². The van der Waals surface area contributed by atoms with Gasteiger partial charge in [-0.2, -0.15) is 10.2 Å². The molecule has 96 valence electrons. The number of carbonyl (C=O) groups is 1. The topological polar surface area (TPSA) is 64.7 Å². The number of nitrogens with one attached hydrogen (secondary N) is 1. The van der Waals surface area contributed by atoms with Crippen molar-refractivity contribution in [2.24, 2.45) is 7.05 Å². The molecule has 6 nitrogen and oxygen atoms in total. The maximum Gasteiger partial charge on any atom is 0.246 e. The highest BCUT2D eigenvalue weighted by molar-refractivity contribution is 5.90. The zero-order valence-electron chi connectivity index (χ0n) is 10.8. The Bertz CT molecular complexity index is 555. The van der Waals surface area contributed by atoms with Crippen molar-refractivity contribution in [1.29, 1.82) is 0 Å². The fourth-order valence-electron chi connectivity index (χ4n) is 1.82. The number of hydrogen-bond donors (Lipinski definition) is 1. The first-order chi connectivity index (χ1) is 8.58. The molecule has 0 saturated carbocycles. The molecule has 2 rings (SSSR count). The van der Waals surface area contributed by atoms with Crippen LogP contribution in [0.25, 0.3) is 0 Å². The highest BCUT2D eigenvalue weighted by Gasteiger charge is 2.08. The maximum absolute atomic E-state index is 11.8. The second-order valence-electron chi connectivity index (χ2n) is 4.24. The average molecular weight is 247 g/mol. The summed E-state index contributed by atoms with van der Waals surface area (Å²) in [6.07, 6.45) is 6.21. The average Bonchev–Trinajstić information content (AvgIpc) is 2.85. The smallest absolute Gasteiger partial charge is 0.246 e. The molecule has 0 bridgehead atoms. The number of rotatable bonds is 4. The normalized spacial score (nSPS) is 10.6. The molecule has 0 aromatic carbocycles. The quantitative estimate of drug-likeness (QED) is 0.880. The van der Waals surface area contributed by atoms with E-state index in [-0.39, 0.29) is 12.5 Å². The minimum atomic E-state index is -0.104. The van der Waals surface area contributed by atoms with Crippen LogP contribution in [0.1, 0.15) is 18.2 Å². The molecule has 0 saturated heterocycles. The van der Waals surface area contributed by atoms with Crippen LogP contribution in [0.2, 0.25) is 0 Å². The van der Waals surface area contributed by atoms with Gasteiger partial charge in [0.1, 0.15) is 6.54 Å². The lowest BCUT2D eigenvalue weighted by molar-refractivity contribution is -0.116. The Morgan fingerprint density at radius 3 is 2.78 bits per heavy atom. The Kier molecular flexibility index (Phi) is 3.45. The van der Waals surface area contributed by atoms with Crippen LogP contribution in [0.3, 0.4) is 0 Å². The van der Waals surface area contributed by atoms with Crippen LogP contribution in [-0.4, -0.2) is 25.5 Å². The van der Waals surface area contributed by atoms with Crippen molar-refractivity contribution in [3.8, 4) is 0 Å². The van der Waals surface area contributed by atoms with Crippen molar-refractivity contribution < 1.29 is 4.79 Å². The van der Waals surface area contributed by atoms with E-state index in [0.717, 1.165) is 12.1 Å². The third-order valence-corrected chi connectivity index (χ3v) is 2.72. The number of hydrogen-bond acceptors (Lipinski definition) is 3. The van der Waals surface area contributed by atoms with Crippen molar-refractivity contribution in [3.63, 3.8) is 0 Å². The van der Waals surface area contributed by atoms with Gasteiger partial charge in [-0.1, -0.05) is 6.92 Å². The van der Waals surface area contributed by atoms with Crippen LogP contribution in [0.5, 0.6) is 0 Å². The Labute approximate surface area is 106 Å². The first kappa shape index (κ1) is 12.3. The second kappa shape index (κ2) is 5.03. The third-order valence-electron chi connectivity index (χ3n) is 2.72. The molecule has 0 aliphatic rings. The first-order valence-electron chi connectivity index (χ1n) is 5.90. The fraction of sp³-hybridized carbons (Fsp3) is 0.417. The summed E-state index contributed by atoms with van der Waals surface area (Å²) in [5, 5.41) is 11.1. The summed E-state index contributed by atoms with van der Waals surface area (Å²) in [7, 11) is 1.81. The molecule has 0 atom stereocenters. The predicted molar refractivity (Wildman–Crippen MR) is 68.2 cm³/mol. The molecule has 1 N–H and O–H groups in total. The lowest BCUT2D eigenvalue weighted by atomic mass is 10.2. The highest BCUT2D eigenvalue weighted by atomic mass is 16.2. The van der Waals surface area contributed by atoms with Gasteiger partial charge in [-0.25, -0.2) is 0 Å². The van der Waals surface area contributed by atoms with Crippen molar-refractivity contribution in [2.75, 3.05) is 5.32 Å². The molecule has 2 aromatic heterocycles. The van der Waals surface area contributed by atoms with Crippen molar-refractivity contribution in [2.45, 2.75) is 26.8 Å². The van der Waals surface area contributed by atoms with Gasteiger partial charge in [-0.3, -0.25) is 14.2 Å². The minimum Gasteiger partial charge on any atom is -0.322 e. The molecule has 0 radical (unpaired) electrons. The molecule has 0 spiro atoms. The molecule has 2 heterocycles. The van der Waals surface area contributed by atoms with E-state index in [4.69, 9.17) is 0 Å². The largest absolute Gasteiger partial charge is 0.322 e. The molecule has 0 unspecified atom stereocenters. The third kappa shape index (κ3) is 2.77. The number of amides is 1. The van der Waals surface area contributed by atoms with Crippen LogP contribution < -0.4 is 5.32 Å². The van der Waals surface area contributed by atoms with E-state index >= 15 is 0 Å². The summed E-state index contributed by atoms with van der Waals surface area (Å²) in [6, 6.07) is 0. The van der Waals surface area contributed by atoms with Gasteiger partial charge in [0.25, 0.3) is 0 Å². The molecule has 0 aliphatic heterocycles. The Balaban J connectivity index is 1.98. The molecule has 0 aliphatic carbocycles. The van der Waals surface area contributed by atoms with Gasteiger partial charge in [-0.05, 0) is 18.9 Å². The van der Waals surface area contributed by atoms with E-state index in [0.29, 0.717) is 5.69 Å². The highest BCUT2D eigenvalue weighted by Crippen LogP contribution is 2.07. The van der Waals surface area contributed by atoms with Crippen molar-refractivity contribution >= 4 is 11.6 Å². The van der Waals surface area contributed by atoms with E-state index in [9.17, 15) is 4.79 Å². The minimum absolute atomic E-state index is 0.104. The molecule has 0 fully saturated rings. The monoisotopic (exact) mass is 247 g/mol. The standard InChI is InChI=1S/C12H17N5O/c1-4-10-6-17(15-9(10)2)8-12(18)14-11-5-13-16(3)7-11/h5-7H,4,8H2,1-3H3,(H,14,18). The molecule has 2 aromatic rings. The first-order valence-corrected chi connectivity index (χ1v) is 5.90. The number of nitrogens with zero attached hydrogens (tertiary/aromatic N) is 4. The zero-order chi connectivity index (χ0) is 13.1. The van der Waals surface area contributed by atoms with Crippen LogP contribution >= 0.6 is 0 Å². The van der Waals surface area contributed by atoms with Gasteiger partial charge >= 0.3 is 0 Å². The van der Waals surface area contributed by atoms with E-state index in [1.165, 1.54) is 5.56 Å². The van der Waals surface area contributed by atoms with Gasteiger partial charge < -0.3 is 5.32 Å². The van der Waals surface area contributed by atoms with E-state index in [2.05, 4.69) is 22.4 Å². The number of aromatic nitrogens is 4. The van der Waals surface area contributed by atoms with Gasteiger partial charge in [0.05, 0.1) is 17.6 Å². The van der Waals surface area contributed by atoms with Crippen LogP contribution in [0.15, 0.2) is 18.6 Å². The Morgan fingerprint density at radius 2 is 2.22 bits per heavy atom.